The molecule has 4 aromatic rings. The first-order valence-electron chi connectivity index (χ1n) is 18.8. The molecule has 1 aliphatic rings. The summed E-state index contributed by atoms with van der Waals surface area (Å²) in [7, 11) is -4.21. The van der Waals surface area contributed by atoms with Crippen molar-refractivity contribution in [1.29, 1.82) is 0 Å². The van der Waals surface area contributed by atoms with Gasteiger partial charge in [0.25, 0.3) is 13.2 Å². The van der Waals surface area contributed by atoms with Gasteiger partial charge >= 0.3 is 29.9 Å². The lowest BCUT2D eigenvalue weighted by molar-refractivity contribution is -0.173. The second kappa shape index (κ2) is 19.5. The van der Waals surface area contributed by atoms with Gasteiger partial charge in [0.05, 0.1) is 11.6 Å². The molecule has 2 heterocycles. The van der Waals surface area contributed by atoms with Crippen LogP contribution in [0.1, 0.15) is 41.3 Å². The van der Waals surface area contributed by atoms with Crippen LogP contribution in [0.3, 0.4) is 0 Å². The van der Waals surface area contributed by atoms with Crippen molar-refractivity contribution in [3.8, 4) is 0 Å². The van der Waals surface area contributed by atoms with Crippen molar-refractivity contribution in [2.75, 3.05) is 45.8 Å². The molecule has 2 amide bonds. The number of aryl methyl sites for hydroxylation is 1. The zero-order valence-electron chi connectivity index (χ0n) is 32.3. The summed E-state index contributed by atoms with van der Waals surface area (Å²) in [6.07, 6.45) is -11.3. The monoisotopic (exact) mass is 866 g/mol. The number of halogens is 6. The molecule has 1 aromatic heterocycles. The Hall–Kier alpha value is -5.11. The van der Waals surface area contributed by atoms with Crippen LogP contribution in [0, 0.1) is 6.92 Å². The van der Waals surface area contributed by atoms with Crippen LogP contribution in [0.5, 0.6) is 0 Å². The van der Waals surface area contributed by atoms with Gasteiger partial charge in [-0.25, -0.2) is 14.6 Å². The Kier molecular flexibility index (Phi) is 15.0. The molecular weight excluding hydrogens is 821 g/mol. The number of carbonyl (C=O) groups is 2. The molecule has 5 rings (SSSR count). The number of carbonyl (C=O) groups excluding carboxylic acids is 2. The van der Waals surface area contributed by atoms with E-state index in [0.29, 0.717) is 0 Å². The number of nitrogens with one attached hydrogen (secondary N) is 4. The van der Waals surface area contributed by atoms with Gasteiger partial charge in [-0.15, -0.1) is 0 Å². The van der Waals surface area contributed by atoms with Crippen LogP contribution >= 0.6 is 7.59 Å². The first kappa shape index (κ1) is 46.0. The van der Waals surface area contributed by atoms with Gasteiger partial charge in [0.1, 0.15) is 0 Å². The highest BCUT2D eigenvalue weighted by Crippen LogP contribution is 2.45. The Balaban J connectivity index is 1.49. The van der Waals surface area contributed by atoms with Gasteiger partial charge in [0, 0.05) is 57.6 Å². The normalized spacial score (nSPS) is 17.6. The highest BCUT2D eigenvalue weighted by atomic mass is 31.2. The van der Waals surface area contributed by atoms with E-state index in [2.05, 4.69) is 15.0 Å². The predicted molar refractivity (Wildman–Crippen MR) is 209 cm³/mol. The second-order valence-electron chi connectivity index (χ2n) is 14.1. The fourth-order valence-corrected chi connectivity index (χ4v) is 8.65. The molecule has 3 unspecified atom stereocenters. The molecule has 0 aliphatic carbocycles. The zero-order valence-corrected chi connectivity index (χ0v) is 33.2. The third kappa shape index (κ3) is 11.2. The lowest BCUT2D eigenvalue weighted by Crippen LogP contribution is -2.59. The number of morpholine rings is 1. The van der Waals surface area contributed by atoms with Gasteiger partial charge in [-0.3, -0.25) is 38.9 Å². The summed E-state index contributed by atoms with van der Waals surface area (Å²) in [5, 5.41) is 6.21. The standard InChI is InChI=1S/C39H45F6N8O6P/c1-27-24-53(36(57)50-33(27)54)32-26-51(37(28-13-5-2-6-14-28,29-15-7-3-8-16-29)30-17-9-4-10-18-30)25-31(59-32)23-49-60(46,58)52(21-11-19-47-34(55)38(40,41)42)22-12-20-48-35(56)39(43,44)45/h2-10,13-18,24,31-32H,11-12,19-23,25-26H2,1H3,(H,47,55)(H,48,56)(H3,46,49,58)(H,50,54,57). The summed E-state index contributed by atoms with van der Waals surface area (Å²) in [6, 6.07) is 28.8. The Morgan fingerprint density at radius 3 is 1.68 bits per heavy atom. The van der Waals surface area contributed by atoms with Gasteiger partial charge in [-0.05, 0) is 36.5 Å². The van der Waals surface area contributed by atoms with Gasteiger partial charge < -0.3 is 15.4 Å². The zero-order chi connectivity index (χ0) is 43.7. The number of benzene rings is 3. The van der Waals surface area contributed by atoms with Crippen LogP contribution in [0.2, 0.25) is 0 Å². The number of rotatable bonds is 17. The number of hydrogen-bond acceptors (Lipinski definition) is 7. The fraction of sp³-hybridized carbons (Fsp3) is 0.385. The lowest BCUT2D eigenvalue weighted by Gasteiger charge is -2.50. The number of aromatic amines is 1. The van der Waals surface area contributed by atoms with Crippen LogP contribution in [0.15, 0.2) is 107 Å². The summed E-state index contributed by atoms with van der Waals surface area (Å²) < 4.78 is 99.8. The maximum atomic E-state index is 14.3. The van der Waals surface area contributed by atoms with Crippen LogP contribution in [-0.2, 0) is 24.4 Å². The van der Waals surface area contributed by atoms with Crippen molar-refractivity contribution in [2.45, 2.75) is 50.0 Å². The quantitative estimate of drug-likeness (QED) is 0.0448. The third-order valence-electron chi connectivity index (χ3n) is 9.89. The van der Waals surface area contributed by atoms with Gasteiger partial charge in [0.15, 0.2) is 6.23 Å². The third-order valence-corrected chi connectivity index (χ3v) is 11.8. The minimum atomic E-state index is -5.15. The molecule has 14 nitrogen and oxygen atoms in total. The van der Waals surface area contributed by atoms with Crippen molar-refractivity contribution in [3.63, 3.8) is 0 Å². The molecule has 6 N–H and O–H groups in total. The fourth-order valence-electron chi connectivity index (χ4n) is 7.11. The molecule has 21 heteroatoms. The topological polar surface area (TPSA) is 184 Å². The van der Waals surface area contributed by atoms with E-state index in [1.54, 1.807) is 10.6 Å². The summed E-state index contributed by atoms with van der Waals surface area (Å²) in [4.78, 5) is 52.9. The Morgan fingerprint density at radius 2 is 1.25 bits per heavy atom. The molecule has 3 atom stereocenters. The van der Waals surface area contributed by atoms with Crippen molar-refractivity contribution in [2.24, 2.45) is 5.50 Å². The number of alkyl halides is 6. The molecule has 3 aromatic carbocycles. The van der Waals surface area contributed by atoms with E-state index in [4.69, 9.17) is 10.2 Å². The van der Waals surface area contributed by atoms with Crippen LogP contribution < -0.4 is 32.5 Å². The number of nitrogens with zero attached hydrogens (tertiary/aromatic N) is 3. The van der Waals surface area contributed by atoms with E-state index in [1.165, 1.54) is 17.7 Å². The number of hydrogen-bond donors (Lipinski definition) is 5. The van der Waals surface area contributed by atoms with Crippen molar-refractivity contribution in [1.82, 2.24) is 34.8 Å². The average Bonchev–Trinajstić information content (AvgIpc) is 3.21. The van der Waals surface area contributed by atoms with Gasteiger partial charge in [-0.1, -0.05) is 91.0 Å². The molecule has 0 spiro atoms. The number of H-pyrrole nitrogens is 1. The van der Waals surface area contributed by atoms with Crippen LogP contribution in [-0.4, -0.2) is 95.2 Å². The minimum Gasteiger partial charge on any atom is -0.351 e. The molecule has 0 radical (unpaired) electrons. The average molecular weight is 867 g/mol. The molecule has 1 fully saturated rings. The van der Waals surface area contributed by atoms with E-state index in [0.717, 1.165) is 21.4 Å². The summed E-state index contributed by atoms with van der Waals surface area (Å²) in [5.74, 6) is -4.39. The first-order valence-corrected chi connectivity index (χ1v) is 20.5. The molecule has 0 saturated carbocycles. The van der Waals surface area contributed by atoms with Crippen molar-refractivity contribution >= 4 is 19.4 Å². The summed E-state index contributed by atoms with van der Waals surface area (Å²) >= 11 is 0. The Bertz CT molecular complexity index is 2100. The largest absolute Gasteiger partial charge is 0.471 e. The Morgan fingerprint density at radius 1 is 0.800 bits per heavy atom. The number of amides is 2. The number of aromatic nitrogens is 2. The smallest absolute Gasteiger partial charge is 0.351 e. The van der Waals surface area contributed by atoms with Gasteiger partial charge in [-0.2, -0.15) is 26.3 Å². The van der Waals surface area contributed by atoms with Crippen molar-refractivity contribution in [3.05, 3.63) is 140 Å². The second-order valence-corrected chi connectivity index (χ2v) is 16.2. The van der Waals surface area contributed by atoms with E-state index in [-0.39, 0.29) is 51.1 Å². The van der Waals surface area contributed by atoms with Crippen LogP contribution in [0.4, 0.5) is 26.3 Å². The van der Waals surface area contributed by atoms with E-state index >= 15 is 0 Å². The first-order chi connectivity index (χ1) is 28.3. The maximum absolute atomic E-state index is 14.3. The van der Waals surface area contributed by atoms with Crippen LogP contribution in [0.25, 0.3) is 0 Å². The molecule has 0 bridgehead atoms. The highest BCUT2D eigenvalue weighted by Gasteiger charge is 2.47. The summed E-state index contributed by atoms with van der Waals surface area (Å²) in [5.41, 5.74) is 6.78. The number of ether oxygens (including phenoxy) is 1. The molecule has 1 aliphatic heterocycles. The minimum absolute atomic E-state index is 0.0836. The Labute approximate surface area is 340 Å². The van der Waals surface area contributed by atoms with E-state index in [1.807, 2.05) is 91.0 Å². The molecule has 60 heavy (non-hydrogen) atoms. The molecule has 1 saturated heterocycles. The van der Waals surface area contributed by atoms with E-state index in [9.17, 15) is 50.1 Å². The molecule has 324 valence electrons. The SMILES string of the molecule is Cc1cn(C2CN(C(c3ccccc3)(c3ccccc3)c3ccccc3)CC(CNP(N)(=O)N(CCCNC(=O)C(F)(F)F)CCCNC(=O)C(F)(F)F)O2)c(=O)[nH]c1=O. The summed E-state index contributed by atoms with van der Waals surface area (Å²) in [6.45, 7) is -0.0924. The molecular formula is C39H45F6N8O6P. The lowest BCUT2D eigenvalue weighted by atomic mass is 9.75. The van der Waals surface area contributed by atoms with E-state index < -0.39 is 74.0 Å². The maximum Gasteiger partial charge on any atom is 0.471 e. The predicted octanol–water partition coefficient (Wildman–Crippen LogP) is 4.13. The highest BCUT2D eigenvalue weighted by molar-refractivity contribution is 7.56. The number of nitrogens with two attached hydrogens (primary N) is 1. The van der Waals surface area contributed by atoms with Gasteiger partial charge in [0.2, 0.25) is 0 Å². The van der Waals surface area contributed by atoms with Crippen molar-refractivity contribution < 1.29 is 45.2 Å².